The number of allylic oxidation sites excluding steroid dienone is 1. The first-order valence-corrected chi connectivity index (χ1v) is 9.14. The molecular weight excluding hydrogens is 385 g/mol. The lowest BCUT2D eigenvalue weighted by atomic mass is 10.0. The van der Waals surface area contributed by atoms with Crippen LogP contribution in [0.5, 0.6) is 5.75 Å². The third-order valence-electron chi connectivity index (χ3n) is 4.21. The van der Waals surface area contributed by atoms with Gasteiger partial charge in [0.05, 0.1) is 17.0 Å². The Bertz CT molecular complexity index is 846. The molecule has 1 aliphatic rings. The number of anilines is 1. The van der Waals surface area contributed by atoms with Crippen molar-refractivity contribution in [1.29, 1.82) is 0 Å². The number of piperidine rings is 1. The highest BCUT2D eigenvalue weighted by atomic mass is 19.4. The summed E-state index contributed by atoms with van der Waals surface area (Å²) < 4.78 is 38.1. The van der Waals surface area contributed by atoms with E-state index in [2.05, 4.69) is 27.4 Å². The first kappa shape index (κ1) is 22.5. The summed E-state index contributed by atoms with van der Waals surface area (Å²) in [5.41, 5.74) is 0.404. The fraction of sp³-hybridized carbons (Fsp3) is 0.400. The van der Waals surface area contributed by atoms with Gasteiger partial charge in [-0.15, -0.1) is 10.2 Å². The van der Waals surface area contributed by atoms with Crippen LogP contribution in [0.3, 0.4) is 0 Å². The standard InChI is InChI=1S/C17H19F3N4O.C3H6O/c1-10-7-15(22-12-3-2-6-21-9-12)23-24-16(10)13-5-4-11(8-14(13)25)17(18,19)20;1-3(2)4/h4-5,7-8,12,21,25H,2-3,6,9H2,1H3,(H,22,23);4H,1H2,2H3. The van der Waals surface area contributed by atoms with Crippen molar-refractivity contribution in [3.8, 4) is 17.0 Å². The number of phenolic OH excluding ortho intramolecular Hbond substituents is 1. The Kier molecular flexibility index (Phi) is 7.44. The zero-order chi connectivity index (χ0) is 21.6. The Morgan fingerprint density at radius 3 is 2.48 bits per heavy atom. The molecule has 2 heterocycles. The zero-order valence-corrected chi connectivity index (χ0v) is 16.3. The smallest absolute Gasteiger partial charge is 0.416 e. The van der Waals surface area contributed by atoms with Gasteiger partial charge in [0.15, 0.2) is 0 Å². The fourth-order valence-corrected chi connectivity index (χ4v) is 2.91. The van der Waals surface area contributed by atoms with Gasteiger partial charge in [0.2, 0.25) is 0 Å². The number of aromatic nitrogens is 2. The largest absolute Gasteiger partial charge is 0.513 e. The number of aliphatic hydroxyl groups is 1. The van der Waals surface area contributed by atoms with Gasteiger partial charge in [-0.2, -0.15) is 13.2 Å². The molecule has 0 bridgehead atoms. The lowest BCUT2D eigenvalue weighted by Crippen LogP contribution is -2.38. The van der Waals surface area contributed by atoms with E-state index in [1.54, 1.807) is 13.0 Å². The van der Waals surface area contributed by atoms with E-state index >= 15 is 0 Å². The predicted octanol–water partition coefficient (Wildman–Crippen LogP) is 4.42. The van der Waals surface area contributed by atoms with Crippen LogP contribution in [0.1, 0.15) is 30.9 Å². The highest BCUT2D eigenvalue weighted by molar-refractivity contribution is 5.70. The lowest BCUT2D eigenvalue weighted by molar-refractivity contribution is -0.137. The van der Waals surface area contributed by atoms with E-state index in [9.17, 15) is 18.3 Å². The number of phenols is 1. The summed E-state index contributed by atoms with van der Waals surface area (Å²) in [5.74, 6) is 0.311. The monoisotopic (exact) mass is 410 g/mol. The first-order valence-electron chi connectivity index (χ1n) is 9.14. The Labute approximate surface area is 167 Å². The molecule has 1 unspecified atom stereocenters. The fourth-order valence-electron chi connectivity index (χ4n) is 2.91. The van der Waals surface area contributed by atoms with Crippen LogP contribution in [0.4, 0.5) is 19.0 Å². The van der Waals surface area contributed by atoms with Gasteiger partial charge >= 0.3 is 6.18 Å². The molecule has 0 saturated carbocycles. The lowest BCUT2D eigenvalue weighted by Gasteiger charge is -2.24. The van der Waals surface area contributed by atoms with Gasteiger partial charge in [-0.05, 0) is 63.1 Å². The van der Waals surface area contributed by atoms with Crippen molar-refractivity contribution >= 4 is 5.82 Å². The van der Waals surface area contributed by atoms with Crippen molar-refractivity contribution in [3.63, 3.8) is 0 Å². The number of halogens is 3. The molecule has 29 heavy (non-hydrogen) atoms. The third kappa shape index (κ3) is 6.63. The van der Waals surface area contributed by atoms with E-state index in [0.29, 0.717) is 17.6 Å². The molecule has 1 fully saturated rings. The van der Waals surface area contributed by atoms with Crippen molar-refractivity contribution in [2.75, 3.05) is 18.4 Å². The molecule has 4 N–H and O–H groups in total. The van der Waals surface area contributed by atoms with Crippen molar-refractivity contribution in [2.45, 2.75) is 38.9 Å². The van der Waals surface area contributed by atoms with E-state index in [0.717, 1.165) is 37.6 Å². The highest BCUT2D eigenvalue weighted by Gasteiger charge is 2.31. The van der Waals surface area contributed by atoms with Gasteiger partial charge in [-0.3, -0.25) is 0 Å². The van der Waals surface area contributed by atoms with Gasteiger partial charge in [0, 0.05) is 18.2 Å². The summed E-state index contributed by atoms with van der Waals surface area (Å²) in [6.07, 6.45) is -2.38. The van der Waals surface area contributed by atoms with Gasteiger partial charge < -0.3 is 20.8 Å². The van der Waals surface area contributed by atoms with Crippen LogP contribution in [0, 0.1) is 6.92 Å². The predicted molar refractivity (Wildman–Crippen MR) is 106 cm³/mol. The van der Waals surface area contributed by atoms with Crippen LogP contribution >= 0.6 is 0 Å². The van der Waals surface area contributed by atoms with E-state index in [4.69, 9.17) is 5.11 Å². The number of aliphatic hydroxyl groups excluding tert-OH is 1. The molecule has 9 heteroatoms. The van der Waals surface area contributed by atoms with Crippen molar-refractivity contribution in [2.24, 2.45) is 0 Å². The van der Waals surface area contributed by atoms with Crippen molar-refractivity contribution < 1.29 is 23.4 Å². The molecule has 1 aliphatic heterocycles. The van der Waals surface area contributed by atoms with Crippen LogP contribution in [0.15, 0.2) is 36.6 Å². The molecule has 6 nitrogen and oxygen atoms in total. The summed E-state index contributed by atoms with van der Waals surface area (Å²) in [6, 6.07) is 4.90. The molecule has 1 aromatic carbocycles. The second kappa shape index (κ2) is 9.60. The minimum Gasteiger partial charge on any atom is -0.513 e. The van der Waals surface area contributed by atoms with E-state index in [1.165, 1.54) is 13.0 Å². The van der Waals surface area contributed by atoms with Crippen LogP contribution in [-0.2, 0) is 6.18 Å². The van der Waals surface area contributed by atoms with Crippen LogP contribution < -0.4 is 10.6 Å². The molecule has 0 aliphatic carbocycles. The molecule has 0 amide bonds. The number of aryl methyl sites for hydroxylation is 1. The summed E-state index contributed by atoms with van der Waals surface area (Å²) in [4.78, 5) is 0. The Morgan fingerprint density at radius 1 is 1.28 bits per heavy atom. The number of hydrogen-bond donors (Lipinski definition) is 4. The molecular formula is C20H25F3N4O2. The molecule has 3 rings (SSSR count). The van der Waals surface area contributed by atoms with Gasteiger partial charge in [-0.1, -0.05) is 6.58 Å². The number of aromatic hydroxyl groups is 1. The average molecular weight is 410 g/mol. The molecule has 0 spiro atoms. The Balaban J connectivity index is 0.000000687. The summed E-state index contributed by atoms with van der Waals surface area (Å²) in [5, 5.41) is 32.6. The molecule has 1 saturated heterocycles. The Morgan fingerprint density at radius 2 is 1.97 bits per heavy atom. The third-order valence-corrected chi connectivity index (χ3v) is 4.21. The summed E-state index contributed by atoms with van der Waals surface area (Å²) in [6.45, 7) is 8.28. The molecule has 2 aromatic rings. The van der Waals surface area contributed by atoms with Crippen molar-refractivity contribution in [3.05, 3.63) is 47.7 Å². The number of benzene rings is 1. The maximum atomic E-state index is 12.7. The molecule has 1 atom stereocenters. The maximum Gasteiger partial charge on any atom is 0.416 e. The van der Waals surface area contributed by atoms with Crippen LogP contribution in [-0.4, -0.2) is 39.5 Å². The Hall–Kier alpha value is -2.81. The first-order chi connectivity index (χ1) is 13.6. The normalized spacial score (nSPS) is 16.5. The van der Waals surface area contributed by atoms with Gasteiger partial charge in [-0.25, -0.2) is 0 Å². The quantitative estimate of drug-likeness (QED) is 0.560. The van der Waals surface area contributed by atoms with Gasteiger partial charge in [0.25, 0.3) is 0 Å². The van der Waals surface area contributed by atoms with Gasteiger partial charge in [0.1, 0.15) is 11.6 Å². The summed E-state index contributed by atoms with van der Waals surface area (Å²) in [7, 11) is 0. The zero-order valence-electron chi connectivity index (χ0n) is 16.3. The second-order valence-electron chi connectivity index (χ2n) is 6.91. The highest BCUT2D eigenvalue weighted by Crippen LogP contribution is 2.36. The number of nitrogens with zero attached hydrogens (tertiary/aromatic N) is 2. The average Bonchev–Trinajstić information content (AvgIpc) is 2.62. The van der Waals surface area contributed by atoms with Crippen LogP contribution in [0.25, 0.3) is 11.3 Å². The summed E-state index contributed by atoms with van der Waals surface area (Å²) >= 11 is 0. The molecule has 1 aromatic heterocycles. The minimum atomic E-state index is -4.50. The molecule has 158 valence electrons. The molecule has 0 radical (unpaired) electrons. The van der Waals surface area contributed by atoms with E-state index in [-0.39, 0.29) is 17.4 Å². The second-order valence-corrected chi connectivity index (χ2v) is 6.91. The minimum absolute atomic E-state index is 0.167. The number of nitrogens with one attached hydrogen (secondary N) is 2. The topological polar surface area (TPSA) is 90.3 Å². The van der Waals surface area contributed by atoms with Crippen molar-refractivity contribution in [1.82, 2.24) is 15.5 Å². The van der Waals surface area contributed by atoms with E-state index in [1.807, 2.05) is 0 Å². The maximum absolute atomic E-state index is 12.7. The SMILES string of the molecule is C=C(C)O.Cc1cc(NC2CCCNC2)nnc1-c1ccc(C(F)(F)F)cc1O. The number of rotatable bonds is 3. The number of hydrogen-bond acceptors (Lipinski definition) is 6. The van der Waals surface area contributed by atoms with E-state index < -0.39 is 17.5 Å². The number of alkyl halides is 3. The van der Waals surface area contributed by atoms with Crippen LogP contribution in [0.2, 0.25) is 0 Å².